The van der Waals surface area contributed by atoms with Gasteiger partial charge in [0.2, 0.25) is 0 Å². The first-order valence-corrected chi connectivity index (χ1v) is 12.7. The molecule has 2 aromatic heterocycles. The molecule has 2 fully saturated rings. The molecule has 172 valence electrons. The Bertz CT molecular complexity index is 928. The van der Waals surface area contributed by atoms with Gasteiger partial charge in [0.25, 0.3) is 0 Å². The Balaban J connectivity index is 1.63. The van der Waals surface area contributed by atoms with Gasteiger partial charge in [0.05, 0.1) is 12.5 Å². The molecule has 0 radical (unpaired) electrons. The zero-order valence-electron chi connectivity index (χ0n) is 19.2. The molecule has 0 aromatic carbocycles. The molecular formula is C28H38N2O2. The summed E-state index contributed by atoms with van der Waals surface area (Å²) in [6.45, 7) is 0. The maximum absolute atomic E-state index is 7.25. The third kappa shape index (κ3) is 4.10. The molecule has 3 aliphatic rings. The van der Waals surface area contributed by atoms with Gasteiger partial charge in [-0.05, 0) is 72.9 Å². The molecule has 3 aliphatic carbocycles. The monoisotopic (exact) mass is 434 g/mol. The number of furan rings is 2. The average Bonchev–Trinajstić information content (AvgIpc) is 3.53. The van der Waals surface area contributed by atoms with Gasteiger partial charge in [-0.3, -0.25) is 0 Å². The number of rotatable bonds is 6. The lowest BCUT2D eigenvalue weighted by Crippen LogP contribution is -2.47. The van der Waals surface area contributed by atoms with E-state index in [0.717, 1.165) is 30.1 Å². The van der Waals surface area contributed by atoms with Crippen molar-refractivity contribution in [3.63, 3.8) is 0 Å². The molecule has 32 heavy (non-hydrogen) atoms. The molecule has 2 heterocycles. The van der Waals surface area contributed by atoms with Crippen molar-refractivity contribution >= 4 is 0 Å². The van der Waals surface area contributed by atoms with Crippen LogP contribution >= 0.6 is 0 Å². The summed E-state index contributed by atoms with van der Waals surface area (Å²) in [5.41, 5.74) is 17.7. The van der Waals surface area contributed by atoms with Crippen LogP contribution in [0.1, 0.15) is 75.7 Å². The van der Waals surface area contributed by atoms with Crippen LogP contribution in [0, 0.1) is 17.3 Å². The van der Waals surface area contributed by atoms with Crippen LogP contribution in [-0.4, -0.2) is 6.04 Å². The Hall–Kier alpha value is -2.20. The van der Waals surface area contributed by atoms with Gasteiger partial charge < -0.3 is 20.3 Å². The van der Waals surface area contributed by atoms with E-state index in [9.17, 15) is 0 Å². The standard InChI is InChI=1S/C28H38N2O2/c29-26-21(17-23-13-7-15-31-23)18-28(19-24-14-8-16-32-24,22-11-5-2-6-12-22)27(30)25(26)20-9-3-1-4-10-20/h7-8,13-16,18,20,22,26H,1-6,9-12,17,19,29-30H2. The van der Waals surface area contributed by atoms with Crippen LogP contribution in [0.2, 0.25) is 0 Å². The molecule has 4 N–H and O–H groups in total. The predicted octanol–water partition coefficient (Wildman–Crippen LogP) is 6.28. The lowest BCUT2D eigenvalue weighted by atomic mass is 9.58. The highest BCUT2D eigenvalue weighted by Gasteiger charge is 2.47. The lowest BCUT2D eigenvalue weighted by molar-refractivity contribution is 0.185. The maximum atomic E-state index is 7.25. The van der Waals surface area contributed by atoms with Crippen molar-refractivity contribution in [3.8, 4) is 0 Å². The van der Waals surface area contributed by atoms with E-state index in [-0.39, 0.29) is 11.5 Å². The smallest absolute Gasteiger partial charge is 0.107 e. The van der Waals surface area contributed by atoms with E-state index in [4.69, 9.17) is 20.3 Å². The Kier molecular flexibility index (Phi) is 6.32. The van der Waals surface area contributed by atoms with Crippen LogP contribution in [0.15, 0.2) is 68.5 Å². The molecule has 2 atom stereocenters. The highest BCUT2D eigenvalue weighted by Crippen LogP contribution is 2.52. The van der Waals surface area contributed by atoms with E-state index in [1.54, 1.807) is 12.5 Å². The molecule has 0 spiro atoms. The van der Waals surface area contributed by atoms with Crippen molar-refractivity contribution in [2.75, 3.05) is 0 Å². The second-order valence-electron chi connectivity index (χ2n) is 10.3. The van der Waals surface area contributed by atoms with E-state index < -0.39 is 0 Å². The van der Waals surface area contributed by atoms with Crippen molar-refractivity contribution < 1.29 is 8.83 Å². The minimum absolute atomic E-state index is 0.114. The van der Waals surface area contributed by atoms with Gasteiger partial charge in [0.15, 0.2) is 0 Å². The molecule has 5 rings (SSSR count). The Morgan fingerprint density at radius 3 is 2.09 bits per heavy atom. The lowest BCUT2D eigenvalue weighted by Gasteiger charge is -2.47. The van der Waals surface area contributed by atoms with Gasteiger partial charge in [0.1, 0.15) is 11.5 Å². The predicted molar refractivity (Wildman–Crippen MR) is 128 cm³/mol. The van der Waals surface area contributed by atoms with Gasteiger partial charge in [-0.25, -0.2) is 0 Å². The summed E-state index contributed by atoms with van der Waals surface area (Å²) in [6, 6.07) is 8.01. The van der Waals surface area contributed by atoms with Crippen molar-refractivity contribution in [1.29, 1.82) is 0 Å². The van der Waals surface area contributed by atoms with Gasteiger partial charge >= 0.3 is 0 Å². The largest absolute Gasteiger partial charge is 0.469 e. The van der Waals surface area contributed by atoms with Crippen molar-refractivity contribution in [2.24, 2.45) is 28.7 Å². The molecule has 2 aromatic rings. The van der Waals surface area contributed by atoms with Crippen molar-refractivity contribution in [2.45, 2.75) is 83.1 Å². The van der Waals surface area contributed by atoms with Crippen LogP contribution in [0.4, 0.5) is 0 Å². The highest BCUT2D eigenvalue weighted by atomic mass is 16.3. The van der Waals surface area contributed by atoms with Gasteiger partial charge in [-0.1, -0.05) is 44.6 Å². The first kappa shape index (κ1) is 21.6. The van der Waals surface area contributed by atoms with E-state index >= 15 is 0 Å². The summed E-state index contributed by atoms with van der Waals surface area (Å²) in [4.78, 5) is 0. The third-order valence-electron chi connectivity index (χ3n) is 8.37. The van der Waals surface area contributed by atoms with E-state index in [0.29, 0.717) is 11.8 Å². The van der Waals surface area contributed by atoms with E-state index in [1.165, 1.54) is 75.4 Å². The second-order valence-corrected chi connectivity index (χ2v) is 10.3. The average molecular weight is 435 g/mol. The summed E-state index contributed by atoms with van der Waals surface area (Å²) < 4.78 is 11.6. The van der Waals surface area contributed by atoms with Crippen molar-refractivity contribution in [3.05, 3.63) is 71.2 Å². The van der Waals surface area contributed by atoms with Gasteiger partial charge in [0, 0.05) is 30.0 Å². The zero-order valence-corrected chi connectivity index (χ0v) is 19.2. The Labute approximate surface area is 192 Å². The second kappa shape index (κ2) is 9.35. The molecule has 0 bridgehead atoms. The molecule has 2 saturated carbocycles. The number of allylic oxidation sites excluding steroid dienone is 1. The van der Waals surface area contributed by atoms with Crippen LogP contribution in [-0.2, 0) is 12.8 Å². The summed E-state index contributed by atoms with van der Waals surface area (Å²) in [7, 11) is 0. The summed E-state index contributed by atoms with van der Waals surface area (Å²) in [5.74, 6) is 3.02. The Morgan fingerprint density at radius 2 is 1.47 bits per heavy atom. The molecule has 2 unspecified atom stereocenters. The molecular weight excluding hydrogens is 396 g/mol. The normalized spacial score (nSPS) is 28.2. The molecule has 0 aliphatic heterocycles. The maximum Gasteiger partial charge on any atom is 0.107 e. The number of hydrogen-bond acceptors (Lipinski definition) is 4. The van der Waals surface area contributed by atoms with Crippen LogP contribution in [0.5, 0.6) is 0 Å². The van der Waals surface area contributed by atoms with E-state index in [2.05, 4.69) is 18.2 Å². The summed E-state index contributed by atoms with van der Waals surface area (Å²) >= 11 is 0. The summed E-state index contributed by atoms with van der Waals surface area (Å²) in [5, 5.41) is 0. The minimum atomic E-state index is -0.219. The number of hydrogen-bond donors (Lipinski definition) is 2. The van der Waals surface area contributed by atoms with Crippen molar-refractivity contribution in [1.82, 2.24) is 0 Å². The molecule has 4 heteroatoms. The van der Waals surface area contributed by atoms with Crippen LogP contribution in [0.25, 0.3) is 0 Å². The van der Waals surface area contributed by atoms with Gasteiger partial charge in [-0.2, -0.15) is 0 Å². The van der Waals surface area contributed by atoms with Gasteiger partial charge in [-0.15, -0.1) is 0 Å². The molecule has 4 nitrogen and oxygen atoms in total. The fraction of sp³-hybridized carbons (Fsp3) is 0.571. The first-order valence-electron chi connectivity index (χ1n) is 12.7. The minimum Gasteiger partial charge on any atom is -0.469 e. The third-order valence-corrected chi connectivity index (χ3v) is 8.37. The fourth-order valence-electron chi connectivity index (χ4n) is 6.74. The molecule has 0 saturated heterocycles. The zero-order chi connectivity index (χ0) is 22.0. The molecule has 0 amide bonds. The van der Waals surface area contributed by atoms with Crippen LogP contribution in [0.3, 0.4) is 0 Å². The van der Waals surface area contributed by atoms with E-state index in [1.807, 2.05) is 12.1 Å². The topological polar surface area (TPSA) is 78.3 Å². The first-order chi connectivity index (χ1) is 15.7. The highest BCUT2D eigenvalue weighted by molar-refractivity contribution is 5.45. The quantitative estimate of drug-likeness (QED) is 0.524. The van der Waals surface area contributed by atoms with Crippen LogP contribution < -0.4 is 11.5 Å². The summed E-state index contributed by atoms with van der Waals surface area (Å²) in [6.07, 6.45) is 20.2. The Morgan fingerprint density at radius 1 is 0.844 bits per heavy atom. The fourth-order valence-corrected chi connectivity index (χ4v) is 6.74. The number of nitrogens with two attached hydrogens (primary N) is 2. The SMILES string of the molecule is NC1=C(C2CCCCC2)C(N)C(Cc2ccco2)=CC1(Cc1ccco1)C1CCCCC1.